The number of ether oxygens (including phenoxy) is 1. The Labute approximate surface area is 216 Å². The predicted octanol–water partition coefficient (Wildman–Crippen LogP) is 3.72. The summed E-state index contributed by atoms with van der Waals surface area (Å²) in [6.45, 7) is 6.86. The van der Waals surface area contributed by atoms with Crippen LogP contribution >= 0.6 is 0 Å². The molecule has 0 bridgehead atoms. The van der Waals surface area contributed by atoms with Gasteiger partial charge in [0, 0.05) is 32.7 Å². The number of piperazine rings is 1. The highest BCUT2D eigenvalue weighted by atomic mass is 16.5. The van der Waals surface area contributed by atoms with Crippen LogP contribution in [-0.2, 0) is 20.9 Å². The monoisotopic (exact) mass is 504 g/mol. The smallest absolute Gasteiger partial charge is 0.414 e. The van der Waals surface area contributed by atoms with Gasteiger partial charge in [-0.25, -0.2) is 9.59 Å². The number of nitrogens with zero attached hydrogens (tertiary/aromatic N) is 2. The van der Waals surface area contributed by atoms with Gasteiger partial charge in [0.05, 0.1) is 12.5 Å². The molecule has 8 heteroatoms. The largest absolute Gasteiger partial charge is 0.494 e. The molecule has 3 aromatic carbocycles. The van der Waals surface area contributed by atoms with E-state index in [0.29, 0.717) is 6.61 Å². The number of benzene rings is 3. The minimum absolute atomic E-state index is 0.193. The lowest BCUT2D eigenvalue weighted by atomic mass is 9.90. The fraction of sp³-hybridized carbons (Fsp3) is 0.276. The molecule has 1 amide bonds. The number of hydrogen-bond donors (Lipinski definition) is 2. The molecule has 1 aliphatic heterocycles. The van der Waals surface area contributed by atoms with Gasteiger partial charge >= 0.3 is 11.9 Å². The van der Waals surface area contributed by atoms with Crippen LogP contribution in [0.2, 0.25) is 0 Å². The Morgan fingerprint density at radius 3 is 1.68 bits per heavy atom. The summed E-state index contributed by atoms with van der Waals surface area (Å²) >= 11 is 0. The van der Waals surface area contributed by atoms with Crippen molar-refractivity contribution in [3.05, 3.63) is 102 Å². The fourth-order valence-corrected chi connectivity index (χ4v) is 4.19. The first-order chi connectivity index (χ1) is 17.9. The third kappa shape index (κ3) is 8.18. The number of carboxylic acids is 2. The van der Waals surface area contributed by atoms with E-state index in [4.69, 9.17) is 24.5 Å². The molecule has 2 N–H and O–H groups in total. The van der Waals surface area contributed by atoms with Crippen LogP contribution in [0.15, 0.2) is 84.9 Å². The van der Waals surface area contributed by atoms with Crippen LogP contribution in [0.25, 0.3) is 0 Å². The van der Waals surface area contributed by atoms with Crippen molar-refractivity contribution in [1.82, 2.24) is 9.80 Å². The maximum Gasteiger partial charge on any atom is 0.414 e. The number of carboxylic acid groups (broad SMARTS) is 2. The van der Waals surface area contributed by atoms with Crippen molar-refractivity contribution in [1.29, 1.82) is 0 Å². The first kappa shape index (κ1) is 27.4. The van der Waals surface area contributed by atoms with Crippen molar-refractivity contribution < 1.29 is 29.3 Å². The third-order valence-corrected chi connectivity index (χ3v) is 6.02. The van der Waals surface area contributed by atoms with Gasteiger partial charge in [0.2, 0.25) is 5.91 Å². The Balaban J connectivity index is 0.000000568. The molecular weight excluding hydrogens is 472 g/mol. The first-order valence-corrected chi connectivity index (χ1v) is 12.2. The average molecular weight is 505 g/mol. The number of rotatable bonds is 7. The normalized spacial score (nSPS) is 13.4. The molecule has 37 heavy (non-hydrogen) atoms. The molecular formula is C29H32N2O6. The Morgan fingerprint density at radius 2 is 1.24 bits per heavy atom. The number of amides is 1. The summed E-state index contributed by atoms with van der Waals surface area (Å²) < 4.78 is 5.53. The number of aliphatic carboxylic acids is 2. The summed E-state index contributed by atoms with van der Waals surface area (Å²) in [5.41, 5.74) is 3.38. The summed E-state index contributed by atoms with van der Waals surface area (Å²) in [7, 11) is 0. The van der Waals surface area contributed by atoms with Crippen molar-refractivity contribution >= 4 is 17.8 Å². The lowest BCUT2D eigenvalue weighted by molar-refractivity contribution is -0.159. The quantitative estimate of drug-likeness (QED) is 0.472. The van der Waals surface area contributed by atoms with Gasteiger partial charge < -0.3 is 19.8 Å². The van der Waals surface area contributed by atoms with Gasteiger partial charge in [-0.1, -0.05) is 72.8 Å². The van der Waals surface area contributed by atoms with Crippen molar-refractivity contribution in [2.45, 2.75) is 19.4 Å². The summed E-state index contributed by atoms with van der Waals surface area (Å²) in [6.07, 6.45) is 0. The lowest BCUT2D eigenvalue weighted by Crippen LogP contribution is -2.49. The zero-order chi connectivity index (χ0) is 26.6. The summed E-state index contributed by atoms with van der Waals surface area (Å²) in [5.74, 6) is -2.79. The Hall–Kier alpha value is -4.17. The second-order valence-electron chi connectivity index (χ2n) is 8.54. The minimum Gasteiger partial charge on any atom is -0.494 e. The van der Waals surface area contributed by atoms with E-state index >= 15 is 0 Å². The van der Waals surface area contributed by atoms with E-state index in [1.165, 1.54) is 5.56 Å². The zero-order valence-electron chi connectivity index (χ0n) is 20.8. The second-order valence-corrected chi connectivity index (χ2v) is 8.54. The molecule has 8 nitrogen and oxygen atoms in total. The van der Waals surface area contributed by atoms with Gasteiger partial charge in [-0.2, -0.15) is 0 Å². The van der Waals surface area contributed by atoms with Gasteiger partial charge in [-0.15, -0.1) is 0 Å². The molecule has 0 saturated carbocycles. The van der Waals surface area contributed by atoms with Gasteiger partial charge in [0.15, 0.2) is 0 Å². The molecule has 4 rings (SSSR count). The molecule has 1 heterocycles. The zero-order valence-corrected chi connectivity index (χ0v) is 20.8. The molecule has 1 saturated heterocycles. The Kier molecular flexibility index (Phi) is 10.2. The van der Waals surface area contributed by atoms with Crippen molar-refractivity contribution in [3.63, 3.8) is 0 Å². The molecule has 1 fully saturated rings. The summed E-state index contributed by atoms with van der Waals surface area (Å²) in [6, 6.07) is 28.6. The fourth-order valence-electron chi connectivity index (χ4n) is 4.19. The molecule has 3 aromatic rings. The molecule has 0 aromatic heterocycles. The predicted molar refractivity (Wildman–Crippen MR) is 139 cm³/mol. The van der Waals surface area contributed by atoms with E-state index in [9.17, 15) is 4.79 Å². The van der Waals surface area contributed by atoms with Crippen molar-refractivity contribution in [2.75, 3.05) is 32.8 Å². The van der Waals surface area contributed by atoms with Crippen LogP contribution in [0.5, 0.6) is 5.75 Å². The number of hydrogen-bond acceptors (Lipinski definition) is 5. The highest BCUT2D eigenvalue weighted by Crippen LogP contribution is 2.27. The average Bonchev–Trinajstić information content (AvgIpc) is 2.92. The van der Waals surface area contributed by atoms with Crippen molar-refractivity contribution in [2.24, 2.45) is 0 Å². The molecule has 1 aliphatic rings. The molecule has 0 radical (unpaired) electrons. The Bertz CT molecular complexity index is 1090. The van der Waals surface area contributed by atoms with E-state index in [-0.39, 0.29) is 11.8 Å². The molecule has 194 valence electrons. The second kappa shape index (κ2) is 13.8. The van der Waals surface area contributed by atoms with E-state index < -0.39 is 11.9 Å². The maximum atomic E-state index is 13.6. The maximum absolute atomic E-state index is 13.6. The van der Waals surface area contributed by atoms with Crippen LogP contribution in [-0.4, -0.2) is 70.6 Å². The van der Waals surface area contributed by atoms with Crippen LogP contribution in [0, 0.1) is 0 Å². The first-order valence-electron chi connectivity index (χ1n) is 12.2. The van der Waals surface area contributed by atoms with Gasteiger partial charge in [0.25, 0.3) is 0 Å². The van der Waals surface area contributed by atoms with Crippen molar-refractivity contribution in [3.8, 4) is 5.75 Å². The molecule has 0 spiro atoms. The van der Waals surface area contributed by atoms with Gasteiger partial charge in [-0.05, 0) is 35.7 Å². The SMILES string of the molecule is CCOc1ccc(CN2CCN(C(=O)C(c3ccccc3)c3ccccc3)CC2)cc1.O=C(O)C(=O)O. The lowest BCUT2D eigenvalue weighted by Gasteiger charge is -2.36. The highest BCUT2D eigenvalue weighted by Gasteiger charge is 2.29. The Morgan fingerprint density at radius 1 is 0.757 bits per heavy atom. The number of carbonyl (C=O) groups excluding carboxylic acids is 1. The van der Waals surface area contributed by atoms with Gasteiger partial charge in [0.1, 0.15) is 5.75 Å². The van der Waals surface area contributed by atoms with Crippen LogP contribution < -0.4 is 4.74 Å². The summed E-state index contributed by atoms with van der Waals surface area (Å²) in [5, 5.41) is 14.8. The van der Waals surface area contributed by atoms with Crippen LogP contribution in [0.4, 0.5) is 0 Å². The van der Waals surface area contributed by atoms with Gasteiger partial charge in [-0.3, -0.25) is 9.69 Å². The van der Waals surface area contributed by atoms with E-state index in [0.717, 1.165) is 49.6 Å². The molecule has 0 unspecified atom stereocenters. The number of carbonyl (C=O) groups is 3. The highest BCUT2D eigenvalue weighted by molar-refractivity contribution is 6.27. The summed E-state index contributed by atoms with van der Waals surface area (Å²) in [4.78, 5) is 36.2. The molecule has 0 atom stereocenters. The van der Waals surface area contributed by atoms with Crippen LogP contribution in [0.1, 0.15) is 29.5 Å². The minimum atomic E-state index is -1.82. The van der Waals surface area contributed by atoms with E-state index in [1.807, 2.05) is 60.4 Å². The third-order valence-electron chi connectivity index (χ3n) is 6.02. The topological polar surface area (TPSA) is 107 Å². The standard InChI is InChI=1S/C27H30N2O2.C2H2O4/c1-2-31-25-15-13-22(14-16-25)21-28-17-19-29(20-18-28)27(30)26(23-9-5-3-6-10-23)24-11-7-4-8-12-24;3-1(4)2(5)6/h3-16,26H,2,17-21H2,1H3;(H,3,4)(H,5,6). The molecule has 0 aliphatic carbocycles. The van der Waals surface area contributed by atoms with E-state index in [1.54, 1.807) is 0 Å². The van der Waals surface area contributed by atoms with Crippen LogP contribution in [0.3, 0.4) is 0 Å². The van der Waals surface area contributed by atoms with E-state index in [2.05, 4.69) is 41.3 Å².